The minimum Gasteiger partial charge on any atom is -0.371 e. The Kier molecular flexibility index (Phi) is 5.91. The molecular weight excluding hydrogens is 498 g/mol. The quantitative estimate of drug-likeness (QED) is 0.455. The molecule has 1 aromatic heterocycles. The van der Waals surface area contributed by atoms with Crippen molar-refractivity contribution in [2.24, 2.45) is 7.05 Å². The van der Waals surface area contributed by atoms with E-state index in [2.05, 4.69) is 58.6 Å². The van der Waals surface area contributed by atoms with Gasteiger partial charge in [-0.3, -0.25) is 4.68 Å². The first kappa shape index (κ1) is 20.0. The Morgan fingerprint density at radius 1 is 1.00 bits per heavy atom. The van der Waals surface area contributed by atoms with Crippen molar-refractivity contribution in [1.82, 2.24) is 9.78 Å². The van der Waals surface area contributed by atoms with Crippen LogP contribution in [0.15, 0.2) is 57.6 Å². The second kappa shape index (κ2) is 8.59. The maximum atomic E-state index is 12.6. The lowest BCUT2D eigenvalue weighted by Crippen LogP contribution is -2.21. The van der Waals surface area contributed by atoms with Crippen molar-refractivity contribution in [2.75, 3.05) is 28.6 Å². The topological polar surface area (TPSA) is 62.2 Å². The van der Waals surface area contributed by atoms with Crippen LogP contribution in [0.5, 0.6) is 0 Å². The van der Waals surface area contributed by atoms with Crippen LogP contribution in [0, 0.1) is 0 Å². The number of halogens is 2. The molecule has 3 aromatic rings. The molecule has 0 spiro atoms. The summed E-state index contributed by atoms with van der Waals surface area (Å²) in [6.45, 7) is 2.06. The number of amides is 2. The molecule has 0 saturated carbocycles. The van der Waals surface area contributed by atoms with Crippen LogP contribution in [0.25, 0.3) is 11.3 Å². The Hall–Kier alpha value is -2.32. The van der Waals surface area contributed by atoms with Gasteiger partial charge in [0.2, 0.25) is 0 Å². The summed E-state index contributed by atoms with van der Waals surface area (Å²) in [5.74, 6) is 0. The second-order valence-electron chi connectivity index (χ2n) is 7.01. The van der Waals surface area contributed by atoms with E-state index in [9.17, 15) is 4.79 Å². The molecule has 2 aromatic carbocycles. The first-order chi connectivity index (χ1) is 14.0. The van der Waals surface area contributed by atoms with Crippen molar-refractivity contribution in [3.05, 3.63) is 57.6 Å². The van der Waals surface area contributed by atoms with Gasteiger partial charge in [0.25, 0.3) is 0 Å². The number of urea groups is 1. The third-order valence-electron chi connectivity index (χ3n) is 4.92. The van der Waals surface area contributed by atoms with Gasteiger partial charge in [0.15, 0.2) is 0 Å². The molecule has 2 N–H and O–H groups in total. The van der Waals surface area contributed by atoms with Crippen molar-refractivity contribution >= 4 is 55.0 Å². The molecule has 2 heterocycles. The minimum atomic E-state index is -0.277. The Morgan fingerprint density at radius 3 is 2.34 bits per heavy atom. The molecule has 0 unspecified atom stereocenters. The van der Waals surface area contributed by atoms with Gasteiger partial charge in [-0.05, 0) is 71.2 Å². The molecule has 1 aliphatic heterocycles. The average molecular weight is 519 g/mol. The lowest BCUT2D eigenvalue weighted by atomic mass is 10.1. The van der Waals surface area contributed by atoms with Crippen molar-refractivity contribution in [3.8, 4) is 11.3 Å². The number of hydrogen-bond acceptors (Lipinski definition) is 3. The van der Waals surface area contributed by atoms with Gasteiger partial charge in [-0.15, -0.1) is 0 Å². The zero-order chi connectivity index (χ0) is 20.4. The first-order valence-electron chi connectivity index (χ1n) is 9.41. The van der Waals surface area contributed by atoms with E-state index in [1.54, 1.807) is 6.20 Å². The summed E-state index contributed by atoms with van der Waals surface area (Å²) in [6, 6.07) is 13.4. The van der Waals surface area contributed by atoms with Crippen LogP contribution in [-0.2, 0) is 7.05 Å². The summed E-state index contributed by atoms with van der Waals surface area (Å²) in [5, 5.41) is 10.2. The van der Waals surface area contributed by atoms with E-state index >= 15 is 0 Å². The summed E-state index contributed by atoms with van der Waals surface area (Å²) in [7, 11) is 1.91. The normalized spacial score (nSPS) is 13.6. The number of hydrogen-bond donors (Lipinski definition) is 2. The Bertz CT molecular complexity index is 1010. The van der Waals surface area contributed by atoms with Crippen LogP contribution in [0.3, 0.4) is 0 Å². The maximum Gasteiger partial charge on any atom is 0.323 e. The molecule has 1 saturated heterocycles. The van der Waals surface area contributed by atoms with Crippen molar-refractivity contribution in [3.63, 3.8) is 0 Å². The number of nitrogens with zero attached hydrogens (tertiary/aromatic N) is 3. The standard InChI is InChI=1S/C21H21Br2N5O/c1-27-20(19(23)13-24-27)14-10-17(12-18(11-14)28-8-2-3-9-28)26-21(29)25-16-6-4-15(22)5-7-16/h4-7,10-13H,2-3,8-9H2,1H3,(H2,25,26,29). The van der Waals surface area contributed by atoms with Crippen molar-refractivity contribution in [2.45, 2.75) is 12.8 Å². The summed E-state index contributed by atoms with van der Waals surface area (Å²) < 4.78 is 3.72. The zero-order valence-electron chi connectivity index (χ0n) is 16.0. The molecule has 0 aliphatic carbocycles. The van der Waals surface area contributed by atoms with Gasteiger partial charge < -0.3 is 15.5 Å². The van der Waals surface area contributed by atoms with Crippen LogP contribution >= 0.6 is 31.9 Å². The van der Waals surface area contributed by atoms with E-state index in [4.69, 9.17) is 0 Å². The predicted molar refractivity (Wildman–Crippen MR) is 125 cm³/mol. The third kappa shape index (κ3) is 4.64. The number of anilines is 3. The van der Waals surface area contributed by atoms with Crippen molar-refractivity contribution < 1.29 is 4.79 Å². The first-order valence-corrected chi connectivity index (χ1v) is 11.0. The summed E-state index contributed by atoms with van der Waals surface area (Å²) in [6.07, 6.45) is 4.16. The number of nitrogens with one attached hydrogen (secondary N) is 2. The Morgan fingerprint density at radius 2 is 1.69 bits per heavy atom. The highest BCUT2D eigenvalue weighted by Gasteiger charge is 2.17. The monoisotopic (exact) mass is 517 g/mol. The lowest BCUT2D eigenvalue weighted by molar-refractivity contribution is 0.262. The zero-order valence-corrected chi connectivity index (χ0v) is 19.1. The molecule has 1 fully saturated rings. The molecule has 150 valence electrons. The Balaban J connectivity index is 1.63. The number of carbonyl (C=O) groups excluding carboxylic acids is 1. The van der Waals surface area contributed by atoms with Gasteiger partial charge in [0.1, 0.15) is 0 Å². The van der Waals surface area contributed by atoms with Crippen LogP contribution in [0.1, 0.15) is 12.8 Å². The molecule has 0 atom stereocenters. The molecule has 0 radical (unpaired) electrons. The van der Waals surface area contributed by atoms with Gasteiger partial charge in [0.05, 0.1) is 16.4 Å². The largest absolute Gasteiger partial charge is 0.371 e. The van der Waals surface area contributed by atoms with E-state index < -0.39 is 0 Å². The van der Waals surface area contributed by atoms with E-state index in [1.807, 2.05) is 48.1 Å². The van der Waals surface area contributed by atoms with Gasteiger partial charge in [0, 0.05) is 47.2 Å². The minimum absolute atomic E-state index is 0.277. The molecule has 8 heteroatoms. The molecular formula is C21H21Br2N5O. The number of aryl methyl sites for hydroxylation is 1. The molecule has 1 aliphatic rings. The van der Waals surface area contributed by atoms with E-state index in [0.717, 1.165) is 50.4 Å². The summed E-state index contributed by atoms with van der Waals surface area (Å²) in [4.78, 5) is 14.9. The maximum absolute atomic E-state index is 12.6. The van der Waals surface area contributed by atoms with Crippen molar-refractivity contribution in [1.29, 1.82) is 0 Å². The van der Waals surface area contributed by atoms with Crippen LogP contribution in [-0.4, -0.2) is 28.9 Å². The number of carbonyl (C=O) groups is 1. The summed E-state index contributed by atoms with van der Waals surface area (Å²) >= 11 is 6.99. The predicted octanol–water partition coefficient (Wildman–Crippen LogP) is 5.86. The second-order valence-corrected chi connectivity index (χ2v) is 8.78. The summed E-state index contributed by atoms with van der Waals surface area (Å²) in [5.41, 5.74) is 4.55. The van der Waals surface area contributed by atoms with Gasteiger partial charge in [-0.25, -0.2) is 4.79 Å². The van der Waals surface area contributed by atoms with E-state index in [1.165, 1.54) is 12.8 Å². The van der Waals surface area contributed by atoms with Gasteiger partial charge >= 0.3 is 6.03 Å². The molecule has 29 heavy (non-hydrogen) atoms. The Labute approximate surface area is 186 Å². The highest BCUT2D eigenvalue weighted by Crippen LogP contribution is 2.34. The fourth-order valence-electron chi connectivity index (χ4n) is 3.54. The number of benzene rings is 2. The highest BCUT2D eigenvalue weighted by molar-refractivity contribution is 9.10. The average Bonchev–Trinajstić information content (AvgIpc) is 3.33. The molecule has 2 amide bonds. The molecule has 0 bridgehead atoms. The van der Waals surface area contributed by atoms with Crippen LogP contribution < -0.4 is 15.5 Å². The van der Waals surface area contributed by atoms with E-state index in [0.29, 0.717) is 0 Å². The number of aromatic nitrogens is 2. The van der Waals surface area contributed by atoms with Gasteiger partial charge in [-0.1, -0.05) is 15.9 Å². The smallest absolute Gasteiger partial charge is 0.323 e. The lowest BCUT2D eigenvalue weighted by Gasteiger charge is -2.20. The third-order valence-corrected chi connectivity index (χ3v) is 6.03. The fraction of sp³-hybridized carbons (Fsp3) is 0.238. The number of rotatable bonds is 4. The SMILES string of the molecule is Cn1ncc(Br)c1-c1cc(NC(=O)Nc2ccc(Br)cc2)cc(N2CCCC2)c1. The molecule has 4 rings (SSSR count). The highest BCUT2D eigenvalue weighted by atomic mass is 79.9. The fourth-order valence-corrected chi connectivity index (χ4v) is 4.38. The molecule has 6 nitrogen and oxygen atoms in total. The van der Waals surface area contributed by atoms with Crippen LogP contribution in [0.4, 0.5) is 21.9 Å². The van der Waals surface area contributed by atoms with Crippen LogP contribution in [0.2, 0.25) is 0 Å². The van der Waals surface area contributed by atoms with Gasteiger partial charge in [-0.2, -0.15) is 5.10 Å². The van der Waals surface area contributed by atoms with E-state index in [-0.39, 0.29) is 6.03 Å².